The summed E-state index contributed by atoms with van der Waals surface area (Å²) in [5.74, 6) is 1.36. The monoisotopic (exact) mass is 410 g/mol. The summed E-state index contributed by atoms with van der Waals surface area (Å²) >= 11 is 0. The summed E-state index contributed by atoms with van der Waals surface area (Å²) in [7, 11) is 0. The van der Waals surface area contributed by atoms with Crippen LogP contribution in [0.3, 0.4) is 0 Å². The smallest absolute Gasteiger partial charge is 0.159 e. The zero-order valence-electron chi connectivity index (χ0n) is 17.7. The number of benzene rings is 1. The zero-order chi connectivity index (χ0) is 21.2. The molecule has 31 heavy (non-hydrogen) atoms. The first-order valence-corrected chi connectivity index (χ1v) is 10.7. The molecule has 1 aliphatic rings. The molecule has 6 heteroatoms. The van der Waals surface area contributed by atoms with Gasteiger partial charge in [0, 0.05) is 34.6 Å². The number of pyridine rings is 1. The van der Waals surface area contributed by atoms with Crippen molar-refractivity contribution in [2.75, 3.05) is 13.1 Å². The third-order valence-corrected chi connectivity index (χ3v) is 6.02. The summed E-state index contributed by atoms with van der Waals surface area (Å²) in [6, 6.07) is 10.6. The standard InChI is InChI=1S/C25H26N6/c1-3-5-20(19-6-4-11-27-15-19)23-16(2)28-25(29-23)24-21-14-18(7-8-22(21)30-31-24)17-9-12-26-13-10-17/h3-8,11,14-15,17,26H,1,9-10,12-13H2,2H3,(H,28,29)(H,30,31)/b20-5-. The molecule has 0 unspecified atom stereocenters. The lowest BCUT2D eigenvalue weighted by molar-refractivity contribution is 0.460. The van der Waals surface area contributed by atoms with Gasteiger partial charge in [-0.2, -0.15) is 5.10 Å². The molecule has 4 heterocycles. The summed E-state index contributed by atoms with van der Waals surface area (Å²) in [6.45, 7) is 8.07. The van der Waals surface area contributed by atoms with E-state index in [4.69, 9.17) is 4.98 Å². The van der Waals surface area contributed by atoms with Gasteiger partial charge in [-0.3, -0.25) is 10.1 Å². The number of hydrogen-bond acceptors (Lipinski definition) is 4. The Morgan fingerprint density at radius 3 is 2.84 bits per heavy atom. The van der Waals surface area contributed by atoms with Gasteiger partial charge in [-0.15, -0.1) is 0 Å². The highest BCUT2D eigenvalue weighted by Crippen LogP contribution is 2.33. The third kappa shape index (κ3) is 3.70. The zero-order valence-corrected chi connectivity index (χ0v) is 17.7. The number of piperidine rings is 1. The molecule has 1 aliphatic heterocycles. The molecule has 1 fully saturated rings. The fourth-order valence-electron chi connectivity index (χ4n) is 4.41. The maximum Gasteiger partial charge on any atom is 0.159 e. The van der Waals surface area contributed by atoms with Crippen molar-refractivity contribution >= 4 is 16.5 Å². The summed E-state index contributed by atoms with van der Waals surface area (Å²) in [5.41, 5.74) is 7.11. The Morgan fingerprint density at radius 1 is 1.19 bits per heavy atom. The fraction of sp³-hybridized carbons (Fsp3) is 0.240. The first-order valence-electron chi connectivity index (χ1n) is 10.7. The Labute approximate surface area is 181 Å². The van der Waals surface area contributed by atoms with Gasteiger partial charge in [0.15, 0.2) is 5.82 Å². The van der Waals surface area contributed by atoms with Gasteiger partial charge in [0.1, 0.15) is 5.69 Å². The summed E-state index contributed by atoms with van der Waals surface area (Å²) in [5, 5.41) is 12.3. The molecule has 1 aromatic carbocycles. The minimum absolute atomic E-state index is 0.593. The molecular formula is C25H26N6. The van der Waals surface area contributed by atoms with Crippen molar-refractivity contribution in [1.29, 1.82) is 0 Å². The van der Waals surface area contributed by atoms with Crippen LogP contribution < -0.4 is 5.32 Å². The molecule has 1 saturated heterocycles. The second-order valence-corrected chi connectivity index (χ2v) is 8.02. The lowest BCUT2D eigenvalue weighted by Crippen LogP contribution is -2.26. The topological polar surface area (TPSA) is 82.3 Å². The number of aromatic nitrogens is 5. The van der Waals surface area contributed by atoms with Crippen LogP contribution >= 0.6 is 0 Å². The first kappa shape index (κ1) is 19.5. The number of H-pyrrole nitrogens is 2. The van der Waals surface area contributed by atoms with Crippen molar-refractivity contribution in [3.8, 4) is 11.5 Å². The SMILES string of the molecule is C=C/C=C(/c1cccnc1)c1nc(-c2n[nH]c3ccc(C4CCNCC4)cc23)[nH]c1C. The molecule has 5 rings (SSSR count). The molecule has 0 aliphatic carbocycles. The van der Waals surface area contributed by atoms with E-state index in [1.54, 1.807) is 12.3 Å². The Kier molecular flexibility index (Phi) is 5.22. The van der Waals surface area contributed by atoms with E-state index in [0.29, 0.717) is 5.92 Å². The van der Waals surface area contributed by atoms with Crippen LogP contribution in [0, 0.1) is 6.92 Å². The van der Waals surface area contributed by atoms with Crippen LogP contribution in [-0.2, 0) is 0 Å². The number of fused-ring (bicyclic) bond motifs is 1. The van der Waals surface area contributed by atoms with E-state index in [0.717, 1.165) is 58.0 Å². The fourth-order valence-corrected chi connectivity index (χ4v) is 4.41. The predicted molar refractivity (Wildman–Crippen MR) is 125 cm³/mol. The first-order chi connectivity index (χ1) is 15.2. The summed E-state index contributed by atoms with van der Waals surface area (Å²) in [4.78, 5) is 12.7. The normalized spacial score (nSPS) is 15.5. The Morgan fingerprint density at radius 2 is 2.06 bits per heavy atom. The molecule has 0 spiro atoms. The largest absolute Gasteiger partial charge is 0.340 e. The Balaban J connectivity index is 1.57. The van der Waals surface area contributed by atoms with Crippen molar-refractivity contribution in [3.05, 3.63) is 84.0 Å². The minimum atomic E-state index is 0.593. The molecule has 0 saturated carbocycles. The van der Waals surface area contributed by atoms with Gasteiger partial charge in [-0.05, 0) is 62.5 Å². The van der Waals surface area contributed by atoms with Crippen LogP contribution in [0.25, 0.3) is 28.0 Å². The van der Waals surface area contributed by atoms with E-state index in [9.17, 15) is 0 Å². The van der Waals surface area contributed by atoms with E-state index >= 15 is 0 Å². The van der Waals surface area contributed by atoms with E-state index in [1.807, 2.05) is 31.3 Å². The molecule has 0 atom stereocenters. The highest BCUT2D eigenvalue weighted by atomic mass is 15.1. The number of nitrogens with zero attached hydrogens (tertiary/aromatic N) is 3. The summed E-state index contributed by atoms with van der Waals surface area (Å²) < 4.78 is 0. The van der Waals surface area contributed by atoms with Crippen molar-refractivity contribution in [2.24, 2.45) is 0 Å². The number of imidazole rings is 1. The van der Waals surface area contributed by atoms with Gasteiger partial charge in [0.05, 0.1) is 11.2 Å². The number of nitrogens with one attached hydrogen (secondary N) is 3. The maximum atomic E-state index is 4.95. The van der Waals surface area contributed by atoms with Crippen LogP contribution in [0.1, 0.15) is 41.3 Å². The Hall–Kier alpha value is -3.51. The lowest BCUT2D eigenvalue weighted by Gasteiger charge is -2.23. The van der Waals surface area contributed by atoms with Crippen molar-refractivity contribution in [2.45, 2.75) is 25.7 Å². The molecular weight excluding hydrogens is 384 g/mol. The average molecular weight is 411 g/mol. The van der Waals surface area contributed by atoms with Crippen molar-refractivity contribution in [1.82, 2.24) is 30.5 Å². The average Bonchev–Trinajstić information content (AvgIpc) is 3.41. The number of aromatic amines is 2. The second-order valence-electron chi connectivity index (χ2n) is 8.02. The van der Waals surface area contributed by atoms with Gasteiger partial charge < -0.3 is 10.3 Å². The van der Waals surface area contributed by atoms with E-state index < -0.39 is 0 Å². The van der Waals surface area contributed by atoms with Crippen molar-refractivity contribution in [3.63, 3.8) is 0 Å². The molecule has 3 N–H and O–H groups in total. The highest BCUT2D eigenvalue weighted by Gasteiger charge is 2.20. The molecule has 0 amide bonds. The van der Waals surface area contributed by atoms with Crippen LogP contribution in [0.15, 0.2) is 61.5 Å². The molecule has 156 valence electrons. The molecule has 0 bridgehead atoms. The van der Waals surface area contributed by atoms with Gasteiger partial charge in [-0.1, -0.05) is 30.9 Å². The quantitative estimate of drug-likeness (QED) is 0.415. The highest BCUT2D eigenvalue weighted by molar-refractivity contribution is 5.92. The van der Waals surface area contributed by atoms with E-state index in [2.05, 4.69) is 50.3 Å². The molecule has 0 radical (unpaired) electrons. The number of rotatable bonds is 5. The predicted octanol–water partition coefficient (Wildman–Crippen LogP) is 4.74. The van der Waals surface area contributed by atoms with Crippen LogP contribution in [-0.4, -0.2) is 38.2 Å². The van der Waals surface area contributed by atoms with Crippen LogP contribution in [0.2, 0.25) is 0 Å². The minimum Gasteiger partial charge on any atom is -0.340 e. The van der Waals surface area contributed by atoms with Gasteiger partial charge in [-0.25, -0.2) is 4.98 Å². The summed E-state index contributed by atoms with van der Waals surface area (Å²) in [6.07, 6.45) is 9.71. The van der Waals surface area contributed by atoms with Crippen molar-refractivity contribution < 1.29 is 0 Å². The molecule has 3 aromatic heterocycles. The maximum absolute atomic E-state index is 4.95. The molecule has 4 aromatic rings. The third-order valence-electron chi connectivity index (χ3n) is 6.02. The lowest BCUT2D eigenvalue weighted by atomic mass is 9.89. The second kappa shape index (κ2) is 8.32. The van der Waals surface area contributed by atoms with Gasteiger partial charge in [0.2, 0.25) is 0 Å². The van der Waals surface area contributed by atoms with Crippen LogP contribution in [0.4, 0.5) is 0 Å². The van der Waals surface area contributed by atoms with E-state index in [-0.39, 0.29) is 0 Å². The number of hydrogen-bond donors (Lipinski definition) is 3. The van der Waals surface area contributed by atoms with Crippen LogP contribution in [0.5, 0.6) is 0 Å². The van der Waals surface area contributed by atoms with E-state index in [1.165, 1.54) is 18.4 Å². The molecule has 6 nitrogen and oxygen atoms in total. The Bertz CT molecular complexity index is 1240. The van der Waals surface area contributed by atoms with Gasteiger partial charge in [0.25, 0.3) is 0 Å². The number of aryl methyl sites for hydroxylation is 1. The number of allylic oxidation sites excluding steroid dienone is 2. The van der Waals surface area contributed by atoms with Gasteiger partial charge >= 0.3 is 0 Å².